The van der Waals surface area contributed by atoms with Crippen LogP contribution in [0.4, 0.5) is 33.5 Å². The molecule has 10 heteroatoms. The van der Waals surface area contributed by atoms with Gasteiger partial charge in [-0.1, -0.05) is 18.2 Å². The maximum absolute atomic E-state index is 14.8. The van der Waals surface area contributed by atoms with Gasteiger partial charge in [-0.2, -0.15) is 18.3 Å². The molecule has 1 N–H and O–H groups in total. The number of fused-ring (bicyclic) bond motifs is 1. The average Bonchev–Trinajstić information content (AvgIpc) is 2.79. The number of halogens is 5. The Bertz CT molecular complexity index is 1260. The zero-order valence-corrected chi connectivity index (χ0v) is 20.9. The zero-order valence-electron chi connectivity index (χ0n) is 20.9. The number of piperidine rings is 1. The summed E-state index contributed by atoms with van der Waals surface area (Å²) in [7, 11) is 3.33. The molecule has 0 bridgehead atoms. The van der Waals surface area contributed by atoms with Crippen LogP contribution in [-0.4, -0.2) is 54.2 Å². The van der Waals surface area contributed by atoms with E-state index in [-0.39, 0.29) is 5.56 Å². The molecule has 0 radical (unpaired) electrons. The van der Waals surface area contributed by atoms with Gasteiger partial charge in [-0.3, -0.25) is 0 Å². The monoisotopic (exact) mass is 507 g/mol. The van der Waals surface area contributed by atoms with E-state index in [1.807, 2.05) is 6.07 Å². The molecule has 0 saturated carbocycles. The molecule has 3 aromatic rings. The van der Waals surface area contributed by atoms with Crippen molar-refractivity contribution in [3.63, 3.8) is 0 Å². The number of hydrogen-bond acceptors (Lipinski definition) is 5. The molecule has 1 aliphatic rings. The molecular weight excluding hydrogens is 477 g/mol. The number of aryl methyl sites for hydroxylation is 1. The Morgan fingerprint density at radius 2 is 1.81 bits per heavy atom. The van der Waals surface area contributed by atoms with E-state index in [0.29, 0.717) is 41.1 Å². The Morgan fingerprint density at radius 1 is 1.08 bits per heavy atom. The number of hydrogen-bond donors (Lipinski definition) is 1. The Morgan fingerprint density at radius 3 is 2.44 bits per heavy atom. The summed E-state index contributed by atoms with van der Waals surface area (Å²) in [5.41, 5.74) is 1.25. The van der Waals surface area contributed by atoms with Crippen molar-refractivity contribution in [3.05, 3.63) is 58.8 Å². The van der Waals surface area contributed by atoms with Crippen molar-refractivity contribution in [2.75, 3.05) is 37.4 Å². The van der Waals surface area contributed by atoms with E-state index in [1.54, 1.807) is 55.9 Å². The summed E-state index contributed by atoms with van der Waals surface area (Å²) in [6, 6.07) is 8.20. The molecule has 1 fully saturated rings. The quantitative estimate of drug-likeness (QED) is 0.416. The molecule has 1 aliphatic heterocycles. The van der Waals surface area contributed by atoms with E-state index in [1.165, 1.54) is 13.0 Å². The van der Waals surface area contributed by atoms with Gasteiger partial charge in [0.15, 0.2) is 5.82 Å². The van der Waals surface area contributed by atoms with Gasteiger partial charge in [-0.05, 0) is 70.6 Å². The lowest BCUT2D eigenvalue weighted by Gasteiger charge is -2.42. The summed E-state index contributed by atoms with van der Waals surface area (Å²) in [6.45, 7) is 5.08. The maximum atomic E-state index is 14.8. The first-order chi connectivity index (χ1) is 16.8. The third-order valence-corrected chi connectivity index (χ3v) is 7.00. The highest BCUT2D eigenvalue weighted by molar-refractivity contribution is 5.95. The number of nitrogens with one attached hydrogen (secondary N) is 1. The van der Waals surface area contributed by atoms with Crippen molar-refractivity contribution < 1.29 is 22.0 Å². The smallest absolute Gasteiger partial charge is 0.365 e. The van der Waals surface area contributed by atoms with Crippen LogP contribution in [0.2, 0.25) is 0 Å². The number of rotatable bonds is 5. The summed E-state index contributed by atoms with van der Waals surface area (Å²) in [6.07, 6.45) is -4.13. The van der Waals surface area contributed by atoms with Crippen molar-refractivity contribution >= 4 is 22.3 Å². The Labute approximate surface area is 207 Å². The standard InChI is InChI=1S/C26H30F5N5/c1-15-19(7-6-8-22(15)26(29,30)31)16(2)32-24-21-13-18(9-10-20(21)17(3)33-34-24)36-12-11-23(35(4)5)25(27,28)14-36/h6-10,13,16,23H,11-12,14H2,1-5H3,(H,32,34)/t16-,23-/m1/s1. The summed E-state index contributed by atoms with van der Waals surface area (Å²) < 4.78 is 69.9. The number of aromatic nitrogens is 2. The van der Waals surface area contributed by atoms with Crippen molar-refractivity contribution in [2.45, 2.75) is 51.4 Å². The molecule has 0 amide bonds. The molecule has 5 nitrogen and oxygen atoms in total. The molecule has 1 saturated heterocycles. The number of alkyl halides is 5. The molecule has 2 heterocycles. The third kappa shape index (κ3) is 4.96. The topological polar surface area (TPSA) is 44.3 Å². The predicted molar refractivity (Wildman–Crippen MR) is 132 cm³/mol. The highest BCUT2D eigenvalue weighted by Crippen LogP contribution is 2.37. The molecule has 2 aromatic carbocycles. The first kappa shape index (κ1) is 26.1. The van der Waals surface area contributed by atoms with Crippen LogP contribution in [0, 0.1) is 13.8 Å². The second-order valence-corrected chi connectivity index (χ2v) is 9.70. The summed E-state index contributed by atoms with van der Waals surface area (Å²) in [5.74, 6) is -2.49. The first-order valence-electron chi connectivity index (χ1n) is 11.8. The van der Waals surface area contributed by atoms with E-state index >= 15 is 0 Å². The van der Waals surface area contributed by atoms with Crippen molar-refractivity contribution in [1.29, 1.82) is 0 Å². The largest absolute Gasteiger partial charge is 0.416 e. The molecule has 194 valence electrons. The molecule has 0 spiro atoms. The van der Waals surface area contributed by atoms with E-state index in [2.05, 4.69) is 15.5 Å². The predicted octanol–water partition coefficient (Wildman–Crippen LogP) is 6.21. The number of anilines is 2. The first-order valence-corrected chi connectivity index (χ1v) is 11.8. The molecule has 0 aliphatic carbocycles. The highest BCUT2D eigenvalue weighted by atomic mass is 19.4. The van der Waals surface area contributed by atoms with E-state index in [4.69, 9.17) is 0 Å². The van der Waals surface area contributed by atoms with Crippen LogP contribution in [0.3, 0.4) is 0 Å². The Balaban J connectivity index is 1.68. The minimum atomic E-state index is -4.45. The second-order valence-electron chi connectivity index (χ2n) is 9.70. The minimum absolute atomic E-state index is 0.140. The molecule has 36 heavy (non-hydrogen) atoms. The van der Waals surface area contributed by atoms with Gasteiger partial charge in [0.1, 0.15) is 0 Å². The van der Waals surface area contributed by atoms with Crippen LogP contribution in [0.5, 0.6) is 0 Å². The normalized spacial score (nSPS) is 19.1. The summed E-state index contributed by atoms with van der Waals surface area (Å²) in [4.78, 5) is 3.23. The van der Waals surface area contributed by atoms with Gasteiger partial charge < -0.3 is 15.1 Å². The highest BCUT2D eigenvalue weighted by Gasteiger charge is 2.45. The van der Waals surface area contributed by atoms with Crippen molar-refractivity contribution in [2.24, 2.45) is 0 Å². The fourth-order valence-electron chi connectivity index (χ4n) is 5.08. The fourth-order valence-corrected chi connectivity index (χ4v) is 5.08. The van der Waals surface area contributed by atoms with E-state index in [0.717, 1.165) is 11.5 Å². The SMILES string of the molecule is Cc1c([C@@H](C)Nc2nnc(C)c3ccc(N4CC[C@@H](N(C)C)C(F)(F)C4)cc23)cccc1C(F)(F)F. The lowest BCUT2D eigenvalue weighted by Crippen LogP contribution is -2.56. The second kappa shape index (κ2) is 9.46. The van der Waals surface area contributed by atoms with E-state index < -0.39 is 36.3 Å². The van der Waals surface area contributed by atoms with Crippen molar-refractivity contribution in [3.8, 4) is 0 Å². The van der Waals surface area contributed by atoms with Gasteiger partial charge in [0, 0.05) is 23.0 Å². The van der Waals surface area contributed by atoms with Gasteiger partial charge in [0.25, 0.3) is 5.92 Å². The minimum Gasteiger partial charge on any atom is -0.365 e. The maximum Gasteiger partial charge on any atom is 0.416 e. The lowest BCUT2D eigenvalue weighted by molar-refractivity contribution is -0.138. The molecule has 1 aromatic heterocycles. The van der Waals surface area contributed by atoms with E-state index in [9.17, 15) is 22.0 Å². The van der Waals surface area contributed by atoms with Crippen LogP contribution in [0.25, 0.3) is 10.8 Å². The number of nitrogens with zero attached hydrogens (tertiary/aromatic N) is 4. The number of benzene rings is 2. The Hall–Kier alpha value is -3.01. The molecular formula is C26H30F5N5. The lowest BCUT2D eigenvalue weighted by atomic mass is 9.97. The van der Waals surface area contributed by atoms with Gasteiger partial charge in [0.2, 0.25) is 0 Å². The molecule has 0 unspecified atom stereocenters. The Kier molecular flexibility index (Phi) is 6.85. The summed E-state index contributed by atoms with van der Waals surface area (Å²) in [5, 5.41) is 13.1. The zero-order chi connectivity index (χ0) is 26.4. The summed E-state index contributed by atoms with van der Waals surface area (Å²) >= 11 is 0. The van der Waals surface area contributed by atoms with Gasteiger partial charge in [-0.25, -0.2) is 8.78 Å². The van der Waals surface area contributed by atoms with Crippen LogP contribution < -0.4 is 10.2 Å². The molecule has 2 atom stereocenters. The molecule has 4 rings (SSSR count). The van der Waals surface area contributed by atoms with Crippen LogP contribution in [-0.2, 0) is 6.18 Å². The van der Waals surface area contributed by atoms with Crippen LogP contribution in [0.1, 0.15) is 41.8 Å². The fraction of sp³-hybridized carbons (Fsp3) is 0.462. The average molecular weight is 508 g/mol. The van der Waals surface area contributed by atoms with Gasteiger partial charge >= 0.3 is 6.18 Å². The van der Waals surface area contributed by atoms with Crippen LogP contribution in [0.15, 0.2) is 36.4 Å². The van der Waals surface area contributed by atoms with Crippen LogP contribution >= 0.6 is 0 Å². The third-order valence-electron chi connectivity index (χ3n) is 7.00. The van der Waals surface area contributed by atoms with Crippen molar-refractivity contribution in [1.82, 2.24) is 15.1 Å². The van der Waals surface area contributed by atoms with Gasteiger partial charge in [-0.15, -0.1) is 5.10 Å². The van der Waals surface area contributed by atoms with Gasteiger partial charge in [0.05, 0.1) is 29.9 Å².